The summed E-state index contributed by atoms with van der Waals surface area (Å²) in [5.41, 5.74) is 5.93. The molecule has 0 aliphatic heterocycles. The number of hydrogen-bond acceptors (Lipinski definition) is 4. The van der Waals surface area contributed by atoms with Gasteiger partial charge in [-0.05, 0) is 43.4 Å². The number of methoxy groups -OCH3 is 2. The van der Waals surface area contributed by atoms with Gasteiger partial charge < -0.3 is 19.9 Å². The standard InChI is InChI=1S/C16H27NO3/c1-16(2,12-17)10-5-6-11-20-15-13(18-3)8-7-9-14(15)19-4/h7-9H,5-6,10-12,17H2,1-4H3. The van der Waals surface area contributed by atoms with Crippen molar-refractivity contribution in [2.45, 2.75) is 33.1 Å². The van der Waals surface area contributed by atoms with Crippen LogP contribution < -0.4 is 19.9 Å². The van der Waals surface area contributed by atoms with Crippen molar-refractivity contribution in [1.29, 1.82) is 0 Å². The third-order valence-electron chi connectivity index (χ3n) is 3.43. The van der Waals surface area contributed by atoms with Crippen LogP contribution in [0.4, 0.5) is 0 Å². The summed E-state index contributed by atoms with van der Waals surface area (Å²) in [7, 11) is 3.26. The molecular weight excluding hydrogens is 254 g/mol. The van der Waals surface area contributed by atoms with E-state index in [0.717, 1.165) is 19.3 Å². The van der Waals surface area contributed by atoms with Gasteiger partial charge in [-0.1, -0.05) is 19.9 Å². The lowest BCUT2D eigenvalue weighted by atomic mass is 9.87. The minimum atomic E-state index is 0.210. The average Bonchev–Trinajstić information content (AvgIpc) is 2.46. The van der Waals surface area contributed by atoms with E-state index >= 15 is 0 Å². The zero-order chi connectivity index (χ0) is 15.0. The van der Waals surface area contributed by atoms with Crippen molar-refractivity contribution in [3.05, 3.63) is 18.2 Å². The number of hydrogen-bond donors (Lipinski definition) is 1. The second-order valence-corrected chi connectivity index (χ2v) is 5.67. The van der Waals surface area contributed by atoms with E-state index in [1.54, 1.807) is 14.2 Å². The number of unbranched alkanes of at least 4 members (excludes halogenated alkanes) is 1. The Kier molecular flexibility index (Phi) is 6.65. The van der Waals surface area contributed by atoms with Crippen molar-refractivity contribution in [3.63, 3.8) is 0 Å². The molecule has 0 fully saturated rings. The summed E-state index contributed by atoms with van der Waals surface area (Å²) in [6.45, 7) is 5.75. The Bertz CT molecular complexity index is 382. The van der Waals surface area contributed by atoms with E-state index in [9.17, 15) is 0 Å². The molecule has 0 radical (unpaired) electrons. The average molecular weight is 281 g/mol. The van der Waals surface area contributed by atoms with Crippen molar-refractivity contribution < 1.29 is 14.2 Å². The highest BCUT2D eigenvalue weighted by Crippen LogP contribution is 2.36. The van der Waals surface area contributed by atoms with Gasteiger partial charge in [-0.25, -0.2) is 0 Å². The fourth-order valence-electron chi connectivity index (χ4n) is 1.94. The van der Waals surface area contributed by atoms with Crippen LogP contribution in [0.25, 0.3) is 0 Å². The van der Waals surface area contributed by atoms with Crippen LogP contribution in [-0.4, -0.2) is 27.4 Å². The maximum absolute atomic E-state index is 5.82. The molecule has 0 heterocycles. The molecule has 0 amide bonds. The molecule has 0 saturated heterocycles. The van der Waals surface area contributed by atoms with Gasteiger partial charge in [0.15, 0.2) is 11.5 Å². The molecule has 4 heteroatoms. The lowest BCUT2D eigenvalue weighted by molar-refractivity contribution is 0.255. The Hall–Kier alpha value is -1.42. The predicted octanol–water partition coefficient (Wildman–Crippen LogP) is 3.24. The Morgan fingerprint density at radius 1 is 1.05 bits per heavy atom. The van der Waals surface area contributed by atoms with Crippen molar-refractivity contribution in [2.75, 3.05) is 27.4 Å². The van der Waals surface area contributed by atoms with E-state index in [0.29, 0.717) is 30.4 Å². The molecule has 0 unspecified atom stereocenters. The SMILES string of the molecule is COc1cccc(OC)c1OCCCCC(C)(C)CN. The maximum atomic E-state index is 5.82. The van der Waals surface area contributed by atoms with Gasteiger partial charge in [-0.2, -0.15) is 0 Å². The third kappa shape index (κ3) is 4.93. The molecule has 0 aliphatic carbocycles. The van der Waals surface area contributed by atoms with Gasteiger partial charge >= 0.3 is 0 Å². The van der Waals surface area contributed by atoms with E-state index in [2.05, 4.69) is 13.8 Å². The van der Waals surface area contributed by atoms with E-state index in [1.165, 1.54) is 0 Å². The fraction of sp³-hybridized carbons (Fsp3) is 0.625. The van der Waals surface area contributed by atoms with Crippen LogP contribution in [0, 0.1) is 5.41 Å². The number of rotatable bonds is 9. The second-order valence-electron chi connectivity index (χ2n) is 5.67. The molecule has 20 heavy (non-hydrogen) atoms. The molecule has 114 valence electrons. The van der Waals surface area contributed by atoms with Crippen molar-refractivity contribution in [1.82, 2.24) is 0 Å². The van der Waals surface area contributed by atoms with Crippen molar-refractivity contribution in [2.24, 2.45) is 11.1 Å². The van der Waals surface area contributed by atoms with E-state index in [1.807, 2.05) is 18.2 Å². The topological polar surface area (TPSA) is 53.7 Å². The summed E-state index contributed by atoms with van der Waals surface area (Å²) in [5, 5.41) is 0. The molecule has 2 N–H and O–H groups in total. The van der Waals surface area contributed by atoms with E-state index in [4.69, 9.17) is 19.9 Å². The molecule has 1 aromatic rings. The first-order chi connectivity index (χ1) is 9.54. The van der Waals surface area contributed by atoms with E-state index < -0.39 is 0 Å². The molecule has 0 saturated carbocycles. The molecular formula is C16H27NO3. The third-order valence-corrected chi connectivity index (χ3v) is 3.43. The molecule has 0 aliphatic rings. The summed E-state index contributed by atoms with van der Waals surface area (Å²) in [6, 6.07) is 5.62. The molecule has 0 spiro atoms. The highest BCUT2D eigenvalue weighted by Gasteiger charge is 2.15. The molecule has 0 atom stereocenters. The summed E-state index contributed by atoms with van der Waals surface area (Å²) < 4.78 is 16.4. The molecule has 4 nitrogen and oxygen atoms in total. The van der Waals surface area contributed by atoms with Crippen LogP contribution in [0.2, 0.25) is 0 Å². The first-order valence-corrected chi connectivity index (χ1v) is 7.08. The van der Waals surface area contributed by atoms with Crippen LogP contribution >= 0.6 is 0 Å². The van der Waals surface area contributed by atoms with Crippen LogP contribution in [-0.2, 0) is 0 Å². The number of nitrogens with two attached hydrogens (primary N) is 1. The number of benzene rings is 1. The van der Waals surface area contributed by atoms with Gasteiger partial charge in [0.2, 0.25) is 5.75 Å². The second kappa shape index (κ2) is 8.00. The van der Waals surface area contributed by atoms with Crippen LogP contribution in [0.3, 0.4) is 0 Å². The quantitative estimate of drug-likeness (QED) is 0.706. The minimum Gasteiger partial charge on any atom is -0.493 e. The molecule has 1 aromatic carbocycles. The Morgan fingerprint density at radius 3 is 2.15 bits per heavy atom. The zero-order valence-corrected chi connectivity index (χ0v) is 13.1. The predicted molar refractivity (Wildman–Crippen MR) is 81.7 cm³/mol. The van der Waals surface area contributed by atoms with Crippen molar-refractivity contribution >= 4 is 0 Å². The van der Waals surface area contributed by atoms with Crippen LogP contribution in [0.1, 0.15) is 33.1 Å². The van der Waals surface area contributed by atoms with Crippen LogP contribution in [0.5, 0.6) is 17.2 Å². The van der Waals surface area contributed by atoms with Gasteiger partial charge in [-0.15, -0.1) is 0 Å². The smallest absolute Gasteiger partial charge is 0.203 e. The van der Waals surface area contributed by atoms with Gasteiger partial charge in [0.05, 0.1) is 20.8 Å². The lowest BCUT2D eigenvalue weighted by Gasteiger charge is -2.22. The van der Waals surface area contributed by atoms with E-state index in [-0.39, 0.29) is 5.41 Å². The normalized spacial score (nSPS) is 11.2. The van der Waals surface area contributed by atoms with Crippen molar-refractivity contribution in [3.8, 4) is 17.2 Å². The summed E-state index contributed by atoms with van der Waals surface area (Å²) in [6.07, 6.45) is 3.20. The molecule has 0 aromatic heterocycles. The van der Waals surface area contributed by atoms with Gasteiger partial charge in [0.1, 0.15) is 0 Å². The molecule has 0 bridgehead atoms. The largest absolute Gasteiger partial charge is 0.493 e. The van der Waals surface area contributed by atoms with Gasteiger partial charge in [-0.3, -0.25) is 0 Å². The molecule has 1 rings (SSSR count). The highest BCUT2D eigenvalue weighted by atomic mass is 16.5. The lowest BCUT2D eigenvalue weighted by Crippen LogP contribution is -2.23. The fourth-order valence-corrected chi connectivity index (χ4v) is 1.94. The van der Waals surface area contributed by atoms with Gasteiger partial charge in [0, 0.05) is 0 Å². The Balaban J connectivity index is 2.46. The number of para-hydroxylation sites is 1. The number of ether oxygens (including phenoxy) is 3. The highest BCUT2D eigenvalue weighted by molar-refractivity contribution is 5.51. The summed E-state index contributed by atoms with van der Waals surface area (Å²) in [5.74, 6) is 2.08. The minimum absolute atomic E-state index is 0.210. The summed E-state index contributed by atoms with van der Waals surface area (Å²) in [4.78, 5) is 0. The zero-order valence-electron chi connectivity index (χ0n) is 13.1. The van der Waals surface area contributed by atoms with Crippen LogP contribution in [0.15, 0.2) is 18.2 Å². The Morgan fingerprint density at radius 2 is 1.65 bits per heavy atom. The first-order valence-electron chi connectivity index (χ1n) is 7.08. The van der Waals surface area contributed by atoms with Gasteiger partial charge in [0.25, 0.3) is 0 Å². The monoisotopic (exact) mass is 281 g/mol. The maximum Gasteiger partial charge on any atom is 0.203 e. The first kappa shape index (κ1) is 16.6. The Labute approximate surface area is 122 Å². The summed E-state index contributed by atoms with van der Waals surface area (Å²) >= 11 is 0.